The molecule has 0 radical (unpaired) electrons. The van der Waals surface area contributed by atoms with Crippen LogP contribution in [0.1, 0.15) is 0 Å². The number of hydrogen-bond donors (Lipinski definition) is 1. The van der Waals surface area contributed by atoms with Gasteiger partial charge in [0.05, 0.1) is 5.75 Å². The molecule has 0 aliphatic rings. The molecule has 1 N–H and O–H groups in total. The summed E-state index contributed by atoms with van der Waals surface area (Å²) in [4.78, 5) is 15.8. The number of nitrogens with one attached hydrogen (secondary N) is 1. The molecule has 0 saturated carbocycles. The van der Waals surface area contributed by atoms with Crippen molar-refractivity contribution in [3.63, 3.8) is 0 Å². The van der Waals surface area contributed by atoms with Gasteiger partial charge in [-0.05, 0) is 34.3 Å². The average molecular weight is 377 g/mol. The summed E-state index contributed by atoms with van der Waals surface area (Å²) < 4.78 is 2.57. The number of thioether (sulfide) groups is 2. The van der Waals surface area contributed by atoms with E-state index in [1.807, 2.05) is 12.3 Å². The maximum atomic E-state index is 11.7. The first-order valence-electron chi connectivity index (χ1n) is 5.09. The first-order chi connectivity index (χ1) is 9.17. The van der Waals surface area contributed by atoms with Crippen molar-refractivity contribution in [1.82, 2.24) is 15.2 Å². The fourth-order valence-electron chi connectivity index (χ4n) is 1.09. The number of rotatable bonds is 5. The zero-order valence-electron chi connectivity index (χ0n) is 9.79. The topological polar surface area (TPSA) is 67.8 Å². The molecule has 9 heteroatoms. The Labute approximate surface area is 131 Å². The van der Waals surface area contributed by atoms with Crippen LogP contribution in [0.25, 0.3) is 0 Å². The Morgan fingerprint density at radius 1 is 1.42 bits per heavy atom. The summed E-state index contributed by atoms with van der Waals surface area (Å²) in [7, 11) is 0. The fraction of sp³-hybridized carbons (Fsp3) is 0.200. The number of carbonyl (C=O) groups is 1. The Kier molecular flexibility index (Phi) is 5.61. The smallest absolute Gasteiger partial charge is 0.235 e. The van der Waals surface area contributed by atoms with Crippen LogP contribution < -0.4 is 5.32 Å². The lowest BCUT2D eigenvalue weighted by Gasteiger charge is -2.02. The number of carbonyl (C=O) groups excluding carboxylic acids is 1. The molecule has 0 fully saturated rings. The van der Waals surface area contributed by atoms with Gasteiger partial charge in [0.1, 0.15) is 5.82 Å². The maximum Gasteiger partial charge on any atom is 0.235 e. The molecule has 0 aliphatic carbocycles. The second kappa shape index (κ2) is 7.22. The van der Waals surface area contributed by atoms with Crippen molar-refractivity contribution in [2.75, 3.05) is 17.3 Å². The molecule has 5 nitrogen and oxygen atoms in total. The van der Waals surface area contributed by atoms with Gasteiger partial charge in [-0.3, -0.25) is 4.79 Å². The van der Waals surface area contributed by atoms with Crippen LogP contribution in [0.4, 0.5) is 5.82 Å². The Hall–Kier alpha value is -0.640. The lowest BCUT2D eigenvalue weighted by molar-refractivity contribution is -0.113. The summed E-state index contributed by atoms with van der Waals surface area (Å²) in [6, 6.07) is 3.56. The molecule has 1 amide bonds. The van der Waals surface area contributed by atoms with Crippen LogP contribution in [0.15, 0.2) is 31.5 Å². The first-order valence-corrected chi connectivity index (χ1v) is 8.91. The zero-order valence-corrected chi connectivity index (χ0v) is 13.8. The molecule has 0 bridgehead atoms. The van der Waals surface area contributed by atoms with Crippen LogP contribution in [0.3, 0.4) is 0 Å². The Bertz CT molecular complexity index is 560. The largest absolute Gasteiger partial charge is 0.310 e. The second-order valence-corrected chi connectivity index (χ2v) is 7.41. The van der Waals surface area contributed by atoms with Gasteiger partial charge in [0.25, 0.3) is 0 Å². The molecule has 19 heavy (non-hydrogen) atoms. The molecule has 0 aromatic carbocycles. The van der Waals surface area contributed by atoms with Gasteiger partial charge >= 0.3 is 0 Å². The summed E-state index contributed by atoms with van der Waals surface area (Å²) in [5.74, 6) is 0.720. The minimum Gasteiger partial charge on any atom is -0.310 e. The number of nitrogens with zero attached hydrogens (tertiary/aromatic N) is 3. The van der Waals surface area contributed by atoms with E-state index in [0.29, 0.717) is 11.6 Å². The first kappa shape index (κ1) is 14.8. The van der Waals surface area contributed by atoms with Crippen molar-refractivity contribution in [1.29, 1.82) is 0 Å². The van der Waals surface area contributed by atoms with Gasteiger partial charge in [-0.2, -0.15) is 0 Å². The van der Waals surface area contributed by atoms with Crippen LogP contribution in [-0.4, -0.2) is 33.1 Å². The van der Waals surface area contributed by atoms with E-state index >= 15 is 0 Å². The van der Waals surface area contributed by atoms with Gasteiger partial charge in [0, 0.05) is 10.7 Å². The van der Waals surface area contributed by atoms with E-state index in [1.165, 1.54) is 23.1 Å². The summed E-state index contributed by atoms with van der Waals surface area (Å²) in [6.45, 7) is 0. The third-order valence-corrected chi connectivity index (χ3v) is 5.39. The molecule has 0 aliphatic heterocycles. The van der Waals surface area contributed by atoms with Crippen molar-refractivity contribution in [3.8, 4) is 0 Å². The SMILES string of the molecule is CSc1nnc(SCC(=O)Nc2ccc(Br)cn2)s1. The van der Waals surface area contributed by atoms with Gasteiger partial charge in [-0.1, -0.05) is 34.9 Å². The fourth-order valence-corrected chi connectivity index (χ4v) is 3.57. The molecule has 2 rings (SSSR count). The van der Waals surface area contributed by atoms with E-state index in [0.717, 1.165) is 13.2 Å². The lowest BCUT2D eigenvalue weighted by Crippen LogP contribution is -2.14. The van der Waals surface area contributed by atoms with E-state index in [2.05, 4.69) is 36.4 Å². The summed E-state index contributed by atoms with van der Waals surface area (Å²) in [5.41, 5.74) is 0. The summed E-state index contributed by atoms with van der Waals surface area (Å²) >= 11 is 7.69. The highest BCUT2D eigenvalue weighted by atomic mass is 79.9. The molecule has 0 spiro atoms. The molecular formula is C10H9BrN4OS3. The average Bonchev–Trinajstić information content (AvgIpc) is 2.87. The molecular weight excluding hydrogens is 368 g/mol. The normalized spacial score (nSPS) is 10.4. The minimum absolute atomic E-state index is 0.110. The molecule has 0 unspecified atom stereocenters. The number of hydrogen-bond acceptors (Lipinski definition) is 7. The quantitative estimate of drug-likeness (QED) is 0.808. The van der Waals surface area contributed by atoms with Gasteiger partial charge in [-0.15, -0.1) is 10.2 Å². The van der Waals surface area contributed by atoms with Crippen molar-refractivity contribution in [3.05, 3.63) is 22.8 Å². The standard InChI is InChI=1S/C10H9BrN4OS3/c1-17-9-14-15-10(19-9)18-5-8(16)13-7-3-2-6(11)4-12-7/h2-4H,5H2,1H3,(H,12,13,16). The Balaban J connectivity index is 1.82. The third kappa shape index (κ3) is 4.75. The van der Waals surface area contributed by atoms with Gasteiger partial charge in [0.15, 0.2) is 8.68 Å². The number of amides is 1. The van der Waals surface area contributed by atoms with Crippen molar-refractivity contribution in [2.24, 2.45) is 0 Å². The Morgan fingerprint density at radius 2 is 2.21 bits per heavy atom. The molecule has 2 aromatic heterocycles. The second-order valence-electron chi connectivity index (χ2n) is 3.24. The van der Waals surface area contributed by atoms with Crippen LogP contribution in [0.2, 0.25) is 0 Å². The maximum absolute atomic E-state index is 11.7. The summed E-state index contributed by atoms with van der Waals surface area (Å²) in [5, 5.41) is 10.7. The van der Waals surface area contributed by atoms with E-state index < -0.39 is 0 Å². The lowest BCUT2D eigenvalue weighted by atomic mass is 10.4. The van der Waals surface area contributed by atoms with Gasteiger partial charge < -0.3 is 5.32 Å². The van der Waals surface area contributed by atoms with E-state index in [-0.39, 0.29) is 5.91 Å². The number of anilines is 1. The number of aromatic nitrogens is 3. The predicted molar refractivity (Wildman–Crippen MR) is 83.0 cm³/mol. The third-order valence-electron chi connectivity index (χ3n) is 1.88. The van der Waals surface area contributed by atoms with Crippen LogP contribution in [0, 0.1) is 0 Å². The highest BCUT2D eigenvalue weighted by Crippen LogP contribution is 2.27. The van der Waals surface area contributed by atoms with E-state index in [1.54, 1.807) is 24.0 Å². The van der Waals surface area contributed by atoms with Crippen LogP contribution in [0.5, 0.6) is 0 Å². The minimum atomic E-state index is -0.110. The van der Waals surface area contributed by atoms with Crippen molar-refractivity contribution in [2.45, 2.75) is 8.68 Å². The Morgan fingerprint density at radius 3 is 2.84 bits per heavy atom. The number of halogens is 1. The van der Waals surface area contributed by atoms with Crippen LogP contribution in [-0.2, 0) is 4.79 Å². The molecule has 2 aromatic rings. The summed E-state index contributed by atoms with van der Waals surface area (Å²) in [6.07, 6.45) is 3.58. The molecule has 100 valence electrons. The number of pyridine rings is 1. The van der Waals surface area contributed by atoms with Gasteiger partial charge in [0.2, 0.25) is 5.91 Å². The highest BCUT2D eigenvalue weighted by molar-refractivity contribution is 9.10. The van der Waals surface area contributed by atoms with Crippen molar-refractivity contribution < 1.29 is 4.79 Å². The zero-order chi connectivity index (χ0) is 13.7. The van der Waals surface area contributed by atoms with Crippen molar-refractivity contribution >= 4 is 62.5 Å². The molecule has 0 atom stereocenters. The van der Waals surface area contributed by atoms with E-state index in [4.69, 9.17) is 0 Å². The highest BCUT2D eigenvalue weighted by Gasteiger charge is 2.08. The predicted octanol–water partition coefficient (Wildman–Crippen LogP) is 3.15. The van der Waals surface area contributed by atoms with Crippen LogP contribution >= 0.6 is 50.8 Å². The van der Waals surface area contributed by atoms with E-state index in [9.17, 15) is 4.79 Å². The monoisotopic (exact) mass is 376 g/mol. The van der Waals surface area contributed by atoms with Gasteiger partial charge in [-0.25, -0.2) is 4.98 Å². The molecule has 0 saturated heterocycles. The molecule has 2 heterocycles.